The predicted molar refractivity (Wildman–Crippen MR) is 94.1 cm³/mol. The number of carboxylic acid groups (broad SMARTS) is 1. The van der Waals surface area contributed by atoms with E-state index in [0.29, 0.717) is 12.8 Å². The van der Waals surface area contributed by atoms with Gasteiger partial charge in [-0.3, -0.25) is 4.79 Å². The van der Waals surface area contributed by atoms with Crippen LogP contribution in [0.25, 0.3) is 0 Å². The van der Waals surface area contributed by atoms with E-state index in [-0.39, 0.29) is 36.4 Å². The second kappa shape index (κ2) is 8.61. The van der Waals surface area contributed by atoms with Gasteiger partial charge in [-0.1, -0.05) is 17.7 Å². The van der Waals surface area contributed by atoms with E-state index < -0.39 is 22.1 Å². The quantitative estimate of drug-likeness (QED) is 0.712. The lowest BCUT2D eigenvalue weighted by Gasteiger charge is -2.30. The summed E-state index contributed by atoms with van der Waals surface area (Å²) in [6.07, 6.45) is -0.315. The average molecular weight is 384 g/mol. The van der Waals surface area contributed by atoms with Gasteiger partial charge in [0.05, 0.1) is 11.4 Å². The first kappa shape index (κ1) is 20.3. The second-order valence-electron chi connectivity index (χ2n) is 6.30. The van der Waals surface area contributed by atoms with Crippen molar-refractivity contribution in [3.63, 3.8) is 0 Å². The summed E-state index contributed by atoms with van der Waals surface area (Å²) in [5.41, 5.74) is 0.982. The molecular formula is C17H24N2O6S. The van der Waals surface area contributed by atoms with E-state index in [2.05, 4.69) is 5.32 Å². The molecule has 26 heavy (non-hydrogen) atoms. The SMILES string of the molecule is COC(CNC(=O)C1CCN(S(=O)(=O)c2ccc(C)cc2)CC1)C(=O)O. The molecule has 1 atom stereocenters. The zero-order chi connectivity index (χ0) is 19.3. The van der Waals surface area contributed by atoms with E-state index in [0.717, 1.165) is 5.56 Å². The van der Waals surface area contributed by atoms with Crippen molar-refractivity contribution in [3.8, 4) is 0 Å². The topological polar surface area (TPSA) is 113 Å². The number of ether oxygens (including phenoxy) is 1. The van der Waals surface area contributed by atoms with Gasteiger partial charge in [-0.25, -0.2) is 13.2 Å². The molecule has 1 heterocycles. The number of carbonyl (C=O) groups is 2. The Kier molecular flexibility index (Phi) is 6.74. The summed E-state index contributed by atoms with van der Waals surface area (Å²) < 4.78 is 31.4. The summed E-state index contributed by atoms with van der Waals surface area (Å²) >= 11 is 0. The third-order valence-corrected chi connectivity index (χ3v) is 6.42. The maximum absolute atomic E-state index is 12.6. The van der Waals surface area contributed by atoms with Crippen molar-refractivity contribution in [2.24, 2.45) is 5.92 Å². The van der Waals surface area contributed by atoms with Crippen molar-refractivity contribution in [2.45, 2.75) is 30.8 Å². The van der Waals surface area contributed by atoms with Gasteiger partial charge >= 0.3 is 5.97 Å². The molecule has 0 aliphatic carbocycles. The van der Waals surface area contributed by atoms with Gasteiger partial charge in [0.1, 0.15) is 0 Å². The maximum Gasteiger partial charge on any atom is 0.334 e. The van der Waals surface area contributed by atoms with E-state index in [9.17, 15) is 18.0 Å². The molecule has 2 rings (SSSR count). The molecule has 0 aromatic heterocycles. The molecule has 0 saturated carbocycles. The highest BCUT2D eigenvalue weighted by atomic mass is 32.2. The Morgan fingerprint density at radius 1 is 1.27 bits per heavy atom. The molecule has 1 aromatic carbocycles. The summed E-state index contributed by atoms with van der Waals surface area (Å²) in [7, 11) is -2.30. The minimum atomic E-state index is -3.56. The number of piperidine rings is 1. The van der Waals surface area contributed by atoms with Crippen LogP contribution in [0.2, 0.25) is 0 Å². The molecule has 1 fully saturated rings. The molecule has 0 radical (unpaired) electrons. The van der Waals surface area contributed by atoms with E-state index in [4.69, 9.17) is 9.84 Å². The second-order valence-corrected chi connectivity index (χ2v) is 8.24. The Bertz CT molecular complexity index is 739. The first-order chi connectivity index (χ1) is 12.3. The monoisotopic (exact) mass is 384 g/mol. The van der Waals surface area contributed by atoms with Gasteiger partial charge in [0.2, 0.25) is 15.9 Å². The minimum Gasteiger partial charge on any atom is -0.479 e. The molecule has 0 bridgehead atoms. The summed E-state index contributed by atoms with van der Waals surface area (Å²) in [4.78, 5) is 23.3. The standard InChI is InChI=1S/C17H24N2O6S/c1-12-3-5-14(6-4-12)26(23,24)19-9-7-13(8-10-19)16(20)18-11-15(25-2)17(21)22/h3-6,13,15H,7-11H2,1-2H3,(H,18,20)(H,21,22). The van der Waals surface area contributed by atoms with Crippen LogP contribution in [0.3, 0.4) is 0 Å². The van der Waals surface area contributed by atoms with Gasteiger partial charge in [0.25, 0.3) is 0 Å². The number of aliphatic carboxylic acids is 1. The number of nitrogens with zero attached hydrogens (tertiary/aromatic N) is 1. The Labute approximate surface area is 153 Å². The van der Waals surface area contributed by atoms with Crippen LogP contribution in [0.1, 0.15) is 18.4 Å². The smallest absolute Gasteiger partial charge is 0.334 e. The average Bonchev–Trinajstić information content (AvgIpc) is 2.62. The molecule has 1 unspecified atom stereocenters. The Morgan fingerprint density at radius 2 is 1.85 bits per heavy atom. The number of methoxy groups -OCH3 is 1. The Morgan fingerprint density at radius 3 is 2.35 bits per heavy atom. The fourth-order valence-corrected chi connectivity index (χ4v) is 4.30. The number of amides is 1. The molecule has 1 amide bonds. The third kappa shape index (κ3) is 4.80. The highest BCUT2D eigenvalue weighted by molar-refractivity contribution is 7.89. The molecule has 2 N–H and O–H groups in total. The maximum atomic E-state index is 12.6. The van der Waals surface area contributed by atoms with Crippen LogP contribution in [-0.4, -0.2) is 62.6 Å². The van der Waals surface area contributed by atoms with Gasteiger partial charge in [-0.15, -0.1) is 0 Å². The van der Waals surface area contributed by atoms with Crippen molar-refractivity contribution < 1.29 is 27.9 Å². The van der Waals surface area contributed by atoms with Crippen molar-refractivity contribution in [2.75, 3.05) is 26.7 Å². The number of rotatable bonds is 7. The fourth-order valence-electron chi connectivity index (χ4n) is 2.83. The van der Waals surface area contributed by atoms with E-state index >= 15 is 0 Å². The van der Waals surface area contributed by atoms with E-state index in [1.807, 2.05) is 6.92 Å². The lowest BCUT2D eigenvalue weighted by Crippen LogP contribution is -2.45. The number of sulfonamides is 1. The first-order valence-electron chi connectivity index (χ1n) is 8.36. The number of hydrogen-bond donors (Lipinski definition) is 2. The number of carbonyl (C=O) groups excluding carboxylic acids is 1. The van der Waals surface area contributed by atoms with Gasteiger partial charge in [-0.05, 0) is 31.9 Å². The van der Waals surface area contributed by atoms with Gasteiger partial charge in [0.15, 0.2) is 6.10 Å². The number of hydrogen-bond acceptors (Lipinski definition) is 5. The molecule has 8 nitrogen and oxygen atoms in total. The van der Waals surface area contributed by atoms with Crippen LogP contribution in [0.15, 0.2) is 29.2 Å². The lowest BCUT2D eigenvalue weighted by molar-refractivity contribution is -0.148. The number of aryl methyl sites for hydroxylation is 1. The lowest BCUT2D eigenvalue weighted by atomic mass is 9.97. The zero-order valence-electron chi connectivity index (χ0n) is 14.8. The molecule has 144 valence electrons. The molecule has 0 spiro atoms. The zero-order valence-corrected chi connectivity index (χ0v) is 15.7. The molecule has 1 aliphatic rings. The summed E-state index contributed by atoms with van der Waals surface area (Å²) in [5.74, 6) is -1.77. The first-order valence-corrected chi connectivity index (χ1v) is 9.80. The van der Waals surface area contributed by atoms with Gasteiger partial charge < -0.3 is 15.2 Å². The van der Waals surface area contributed by atoms with Crippen LogP contribution in [0, 0.1) is 12.8 Å². The third-order valence-electron chi connectivity index (χ3n) is 4.51. The van der Waals surface area contributed by atoms with Gasteiger partial charge in [0, 0.05) is 26.1 Å². The summed E-state index contributed by atoms with van der Waals surface area (Å²) in [6.45, 7) is 2.27. The van der Waals surface area contributed by atoms with Crippen molar-refractivity contribution in [1.82, 2.24) is 9.62 Å². The van der Waals surface area contributed by atoms with Crippen molar-refractivity contribution in [1.29, 1.82) is 0 Å². The summed E-state index contributed by atoms with van der Waals surface area (Å²) in [6, 6.07) is 6.67. The highest BCUT2D eigenvalue weighted by Gasteiger charge is 2.32. The molecule has 1 saturated heterocycles. The number of carboxylic acids is 1. The van der Waals surface area contributed by atoms with Crippen LogP contribution in [0.5, 0.6) is 0 Å². The van der Waals surface area contributed by atoms with E-state index in [1.54, 1.807) is 24.3 Å². The van der Waals surface area contributed by atoms with Crippen molar-refractivity contribution >= 4 is 21.9 Å². The predicted octanol–water partition coefficient (Wildman–Crippen LogP) is 0.612. The van der Waals surface area contributed by atoms with Crippen LogP contribution in [0.4, 0.5) is 0 Å². The minimum absolute atomic E-state index is 0.119. The molecule has 9 heteroatoms. The molecule has 1 aromatic rings. The number of nitrogens with one attached hydrogen (secondary N) is 1. The fraction of sp³-hybridized carbons (Fsp3) is 0.529. The number of benzene rings is 1. The Hall–Kier alpha value is -1.97. The molecule has 1 aliphatic heterocycles. The Balaban J connectivity index is 1.91. The largest absolute Gasteiger partial charge is 0.479 e. The van der Waals surface area contributed by atoms with Crippen molar-refractivity contribution in [3.05, 3.63) is 29.8 Å². The molecular weight excluding hydrogens is 360 g/mol. The van der Waals surface area contributed by atoms with Crippen LogP contribution < -0.4 is 5.32 Å². The van der Waals surface area contributed by atoms with Crippen LogP contribution >= 0.6 is 0 Å². The van der Waals surface area contributed by atoms with E-state index in [1.165, 1.54) is 11.4 Å². The normalized spacial score (nSPS) is 17.6. The highest BCUT2D eigenvalue weighted by Crippen LogP contribution is 2.24. The van der Waals surface area contributed by atoms with Gasteiger partial charge in [-0.2, -0.15) is 4.31 Å². The van der Waals surface area contributed by atoms with Crippen LogP contribution in [-0.2, 0) is 24.3 Å². The summed E-state index contributed by atoms with van der Waals surface area (Å²) in [5, 5.41) is 11.5.